The summed E-state index contributed by atoms with van der Waals surface area (Å²) in [6.07, 6.45) is 43.0. The van der Waals surface area contributed by atoms with Crippen LogP contribution in [0.4, 0.5) is 0 Å². The molecule has 0 fully saturated rings. The molecule has 0 spiro atoms. The van der Waals surface area contributed by atoms with Gasteiger partial charge in [0, 0.05) is 57.4 Å². The zero-order chi connectivity index (χ0) is 70.7. The zero-order valence-electron chi connectivity index (χ0n) is 62.8. The van der Waals surface area contributed by atoms with E-state index in [1.165, 1.54) is 182 Å². The van der Waals surface area contributed by atoms with Crippen LogP contribution in [0.2, 0.25) is 0 Å². The summed E-state index contributed by atoms with van der Waals surface area (Å²) in [5.41, 5.74) is 0. The molecule has 0 saturated carbocycles. The van der Waals surface area contributed by atoms with Crippen molar-refractivity contribution in [2.24, 2.45) is 17.8 Å². The summed E-state index contributed by atoms with van der Waals surface area (Å²) >= 11 is 0. The maximum Gasteiger partial charge on any atom is 0.307 e. The molecule has 0 heterocycles. The second-order valence-corrected chi connectivity index (χ2v) is 27.3. The summed E-state index contributed by atoms with van der Waals surface area (Å²) in [6.45, 7) is 23.6. The van der Waals surface area contributed by atoms with E-state index in [1.807, 2.05) is 14.7 Å². The first-order valence-electron chi connectivity index (χ1n) is 38.0. The SMILES string of the molecule is CCCCCCCCCCCCCCOC(=O)CCN(CCC(=O)OC)[C@H](CO)CC(C)C.CCCCCCCCCCCCOC(=O)CCN(CCC(=O)OC)[C@H](CO)CC(C)C.CCCCCCCCCCCOC(=O)CCN(CCC(=O)OC)[C@H](CO)CC(C)C. The van der Waals surface area contributed by atoms with Crippen molar-refractivity contribution in [3.63, 3.8) is 0 Å². The van der Waals surface area contributed by atoms with Gasteiger partial charge in [-0.1, -0.05) is 242 Å². The van der Waals surface area contributed by atoms with Gasteiger partial charge in [-0.15, -0.1) is 0 Å². The van der Waals surface area contributed by atoms with E-state index in [0.717, 1.165) is 57.8 Å². The van der Waals surface area contributed by atoms with Gasteiger partial charge in [-0.05, 0) is 56.3 Å². The van der Waals surface area contributed by atoms with Crippen LogP contribution in [0.15, 0.2) is 0 Å². The van der Waals surface area contributed by atoms with E-state index in [4.69, 9.17) is 28.4 Å². The molecule has 0 aromatic rings. The highest BCUT2D eigenvalue weighted by Crippen LogP contribution is 2.19. The number of methoxy groups -OCH3 is 3. The molecule has 0 saturated heterocycles. The molecule has 18 nitrogen and oxygen atoms in total. The Labute approximate surface area is 575 Å². The molecule has 0 amide bonds. The van der Waals surface area contributed by atoms with Crippen LogP contribution < -0.4 is 0 Å². The fourth-order valence-corrected chi connectivity index (χ4v) is 11.5. The molecular weight excluding hydrogens is 1190 g/mol. The fraction of sp³-hybridized carbons (Fsp3) is 0.921. The highest BCUT2D eigenvalue weighted by molar-refractivity contribution is 5.71. The number of ether oxygens (including phenoxy) is 6. The summed E-state index contributed by atoms with van der Waals surface area (Å²) in [4.78, 5) is 77.0. The number of carbonyl (C=O) groups is 6. The summed E-state index contributed by atoms with van der Waals surface area (Å²) < 4.78 is 30.3. The zero-order valence-corrected chi connectivity index (χ0v) is 62.8. The van der Waals surface area contributed by atoms with E-state index >= 15 is 0 Å². The van der Waals surface area contributed by atoms with Crippen molar-refractivity contribution in [3.05, 3.63) is 0 Å². The molecule has 558 valence electrons. The van der Waals surface area contributed by atoms with Gasteiger partial charge in [-0.2, -0.15) is 0 Å². The third-order valence-corrected chi connectivity index (χ3v) is 17.2. The van der Waals surface area contributed by atoms with Crippen molar-refractivity contribution < 1.29 is 72.5 Å². The minimum atomic E-state index is -0.283. The third kappa shape index (κ3) is 64.6. The van der Waals surface area contributed by atoms with Crippen LogP contribution >= 0.6 is 0 Å². The van der Waals surface area contributed by atoms with Gasteiger partial charge in [0.2, 0.25) is 0 Å². The number of esters is 6. The second kappa shape index (κ2) is 70.9. The molecule has 0 bridgehead atoms. The average Bonchev–Trinajstić information content (AvgIpc) is 1.64. The molecule has 3 N–H and O–H groups in total. The number of nitrogens with zero attached hydrogens (tertiary/aromatic N) is 3. The van der Waals surface area contributed by atoms with Crippen molar-refractivity contribution in [1.29, 1.82) is 0 Å². The predicted molar refractivity (Wildman–Crippen MR) is 382 cm³/mol. The van der Waals surface area contributed by atoms with E-state index in [2.05, 4.69) is 62.3 Å². The predicted octanol–water partition coefficient (Wildman–Crippen LogP) is 15.7. The average molecular weight is 1350 g/mol. The number of aliphatic hydroxyl groups excluding tert-OH is 3. The number of hydrogen-bond donors (Lipinski definition) is 3. The van der Waals surface area contributed by atoms with Crippen molar-refractivity contribution in [1.82, 2.24) is 14.7 Å². The number of rotatable bonds is 64. The van der Waals surface area contributed by atoms with Crippen molar-refractivity contribution in [3.8, 4) is 0 Å². The Morgan fingerprint density at radius 2 is 0.447 bits per heavy atom. The normalized spacial score (nSPS) is 12.4. The molecule has 0 radical (unpaired) electrons. The number of carbonyl (C=O) groups excluding carboxylic acids is 6. The Kier molecular flexibility index (Phi) is 71.5. The van der Waals surface area contributed by atoms with Gasteiger partial charge in [0.1, 0.15) is 0 Å². The summed E-state index contributed by atoms with van der Waals surface area (Å²) in [7, 11) is 4.11. The second-order valence-electron chi connectivity index (χ2n) is 27.3. The molecular formula is C76H149N3O15. The molecule has 0 aliphatic rings. The smallest absolute Gasteiger partial charge is 0.307 e. The highest BCUT2D eigenvalue weighted by Gasteiger charge is 2.24. The molecule has 0 aromatic carbocycles. The Bertz CT molecular complexity index is 1720. The first kappa shape index (κ1) is 94.8. The van der Waals surface area contributed by atoms with Crippen LogP contribution in [0.5, 0.6) is 0 Å². The van der Waals surface area contributed by atoms with E-state index in [0.29, 0.717) is 76.8 Å². The highest BCUT2D eigenvalue weighted by atomic mass is 16.5. The summed E-state index contributed by atoms with van der Waals surface area (Å²) in [5, 5.41) is 29.3. The number of unbranched alkanes of at least 4 members (excludes halogenated alkanes) is 28. The monoisotopic (exact) mass is 1340 g/mol. The lowest BCUT2D eigenvalue weighted by atomic mass is 10.0. The Morgan fingerprint density at radius 3 is 0.606 bits per heavy atom. The van der Waals surface area contributed by atoms with Crippen molar-refractivity contribution in [2.45, 2.75) is 337 Å². The van der Waals surface area contributed by atoms with Gasteiger partial charge in [-0.25, -0.2) is 0 Å². The molecule has 0 unspecified atom stereocenters. The fourth-order valence-electron chi connectivity index (χ4n) is 11.5. The first-order chi connectivity index (χ1) is 45.3. The van der Waals surface area contributed by atoms with Crippen LogP contribution in [-0.4, -0.2) is 184 Å². The standard InChI is InChI=1S/C27H53NO5.C25H49NO5.C24H47NO5/c1-5-6-7-8-9-10-11-12-13-14-15-16-21-33-27(31)18-20-28(19-17-26(30)32-4)25(23-29)22-24(2)3;1-5-6-7-8-9-10-11-12-13-14-19-31-25(29)16-18-26(17-15-24(28)30-4)23(21-27)20-22(2)3;1-5-6-7-8-9-10-11-12-13-18-30-24(28)15-17-25(16-14-23(27)29-4)22(20-26)19-21(2)3/h24-25,29H,5-23H2,1-4H3;22-23,27H,5-21H2,1-4H3;21-22,26H,5-20H2,1-4H3/t25-;23-;22-/m000/s1. The van der Waals surface area contributed by atoms with Crippen LogP contribution in [0.1, 0.15) is 319 Å². The Balaban J connectivity index is -0.00000132. The largest absolute Gasteiger partial charge is 0.469 e. The molecule has 3 atom stereocenters. The lowest BCUT2D eigenvalue weighted by Gasteiger charge is -2.31. The Hall–Kier alpha value is -3.42. The molecule has 0 aliphatic carbocycles. The minimum Gasteiger partial charge on any atom is -0.469 e. The van der Waals surface area contributed by atoms with Crippen molar-refractivity contribution >= 4 is 35.8 Å². The molecule has 0 aromatic heterocycles. The molecule has 18 heteroatoms. The Morgan fingerprint density at radius 1 is 0.277 bits per heavy atom. The first-order valence-corrected chi connectivity index (χ1v) is 38.0. The summed E-state index contributed by atoms with van der Waals surface area (Å²) in [6, 6.07) is -0.210. The van der Waals surface area contributed by atoms with Crippen LogP contribution in [-0.2, 0) is 57.2 Å². The molecule has 0 rings (SSSR count). The van der Waals surface area contributed by atoms with E-state index < -0.39 is 0 Å². The van der Waals surface area contributed by atoms with Crippen LogP contribution in [0, 0.1) is 17.8 Å². The van der Waals surface area contributed by atoms with Gasteiger partial charge in [0.05, 0.1) is 99.5 Å². The topological polar surface area (TPSA) is 228 Å². The lowest BCUT2D eigenvalue weighted by molar-refractivity contribution is -0.145. The van der Waals surface area contributed by atoms with Gasteiger partial charge in [0.25, 0.3) is 0 Å². The van der Waals surface area contributed by atoms with Gasteiger partial charge >= 0.3 is 35.8 Å². The minimum absolute atomic E-state index is 0.00679. The molecule has 94 heavy (non-hydrogen) atoms. The van der Waals surface area contributed by atoms with Gasteiger partial charge < -0.3 is 43.7 Å². The lowest BCUT2D eigenvalue weighted by Crippen LogP contribution is -2.41. The quantitative estimate of drug-likeness (QED) is 0.0292. The van der Waals surface area contributed by atoms with Crippen LogP contribution in [0.3, 0.4) is 0 Å². The molecule has 0 aliphatic heterocycles. The third-order valence-electron chi connectivity index (χ3n) is 17.2. The van der Waals surface area contributed by atoms with E-state index in [9.17, 15) is 44.1 Å². The number of aliphatic hydroxyl groups is 3. The summed E-state index contributed by atoms with van der Waals surface area (Å²) in [5.74, 6) is -0.218. The van der Waals surface area contributed by atoms with Crippen LogP contribution in [0.25, 0.3) is 0 Å². The van der Waals surface area contributed by atoms with E-state index in [-0.39, 0.29) is 112 Å². The number of hydrogen-bond acceptors (Lipinski definition) is 18. The van der Waals surface area contributed by atoms with Crippen molar-refractivity contribution in [2.75, 3.05) is 100 Å². The maximum absolute atomic E-state index is 12.2. The maximum atomic E-state index is 12.2. The van der Waals surface area contributed by atoms with Gasteiger partial charge in [0.15, 0.2) is 0 Å². The van der Waals surface area contributed by atoms with E-state index in [1.54, 1.807) is 0 Å². The van der Waals surface area contributed by atoms with Gasteiger partial charge in [-0.3, -0.25) is 43.5 Å².